The standard InChI is InChI=1S/C27H41N5O3/c1-3-5-16-23-26(34)29(18-22-14-10-7-11-15-22)19-24-31(23)25(33)20-30(4-2)32(24)27(35)28-17-21-12-8-6-9-13-21/h6,8-9,12-13,22-24H,3-5,7,10-11,14-20H2,1-2H3,(H,28,35)/t23-,24-/m0/s1. The summed E-state index contributed by atoms with van der Waals surface area (Å²) in [4.78, 5) is 44.2. The normalized spacial score (nSPS) is 24.0. The maximum absolute atomic E-state index is 13.6. The van der Waals surface area contributed by atoms with E-state index in [1.807, 2.05) is 47.2 Å². The van der Waals surface area contributed by atoms with Crippen molar-refractivity contribution in [3.8, 4) is 0 Å². The molecule has 0 unspecified atom stereocenters. The number of carbonyl (C=O) groups excluding carboxylic acids is 3. The topological polar surface area (TPSA) is 76.2 Å². The highest BCUT2D eigenvalue weighted by molar-refractivity contribution is 5.91. The summed E-state index contributed by atoms with van der Waals surface area (Å²) < 4.78 is 0. The van der Waals surface area contributed by atoms with Gasteiger partial charge in [0.1, 0.15) is 12.2 Å². The predicted molar refractivity (Wildman–Crippen MR) is 135 cm³/mol. The Hall–Kier alpha value is -2.61. The molecule has 2 aliphatic heterocycles. The second-order valence-corrected chi connectivity index (χ2v) is 10.2. The van der Waals surface area contributed by atoms with Crippen molar-refractivity contribution in [2.45, 2.75) is 84.0 Å². The third-order valence-electron chi connectivity index (χ3n) is 7.72. The molecule has 1 aromatic rings. The number of unbranched alkanes of at least 4 members (excludes halogenated alkanes) is 1. The fourth-order valence-electron chi connectivity index (χ4n) is 5.84. The van der Waals surface area contributed by atoms with Gasteiger partial charge in [0, 0.05) is 19.6 Å². The van der Waals surface area contributed by atoms with Gasteiger partial charge in [-0.3, -0.25) is 9.59 Å². The van der Waals surface area contributed by atoms with Crippen LogP contribution in [-0.2, 0) is 16.1 Å². The van der Waals surface area contributed by atoms with Crippen molar-refractivity contribution in [1.82, 2.24) is 25.1 Å². The molecule has 4 rings (SSSR count). The van der Waals surface area contributed by atoms with Crippen LogP contribution >= 0.6 is 0 Å². The van der Waals surface area contributed by atoms with E-state index in [1.54, 1.807) is 9.91 Å². The molecule has 3 aliphatic rings. The third-order valence-corrected chi connectivity index (χ3v) is 7.72. The maximum Gasteiger partial charge on any atom is 0.334 e. The molecule has 0 bridgehead atoms. The Morgan fingerprint density at radius 2 is 1.80 bits per heavy atom. The number of fused-ring (bicyclic) bond motifs is 1. The zero-order valence-corrected chi connectivity index (χ0v) is 21.3. The number of rotatable bonds is 8. The average Bonchev–Trinajstić information content (AvgIpc) is 2.88. The quantitative estimate of drug-likeness (QED) is 0.613. The van der Waals surface area contributed by atoms with Gasteiger partial charge in [0.2, 0.25) is 11.8 Å². The number of nitrogens with zero attached hydrogens (tertiary/aromatic N) is 4. The molecule has 3 fully saturated rings. The Morgan fingerprint density at radius 1 is 1.06 bits per heavy atom. The summed E-state index contributed by atoms with van der Waals surface area (Å²) in [5.41, 5.74) is 1.02. The second-order valence-electron chi connectivity index (χ2n) is 10.2. The molecule has 2 atom stereocenters. The van der Waals surface area contributed by atoms with Crippen molar-refractivity contribution < 1.29 is 14.4 Å². The molecular weight excluding hydrogens is 442 g/mol. The number of piperazine rings is 1. The van der Waals surface area contributed by atoms with Crippen LogP contribution in [0.25, 0.3) is 0 Å². The van der Waals surface area contributed by atoms with Crippen LogP contribution < -0.4 is 5.32 Å². The van der Waals surface area contributed by atoms with Gasteiger partial charge in [0.25, 0.3) is 0 Å². The van der Waals surface area contributed by atoms with Crippen LogP contribution in [0.15, 0.2) is 30.3 Å². The molecule has 8 heteroatoms. The minimum absolute atomic E-state index is 0.0585. The number of amides is 4. The van der Waals surface area contributed by atoms with E-state index in [2.05, 4.69) is 12.2 Å². The predicted octanol–water partition coefficient (Wildman–Crippen LogP) is 3.58. The zero-order valence-electron chi connectivity index (χ0n) is 21.3. The van der Waals surface area contributed by atoms with Gasteiger partial charge in [-0.2, -0.15) is 0 Å². The molecular formula is C27H41N5O3. The van der Waals surface area contributed by atoms with Gasteiger partial charge < -0.3 is 15.1 Å². The van der Waals surface area contributed by atoms with Crippen molar-refractivity contribution in [2.75, 3.05) is 26.2 Å². The highest BCUT2D eigenvalue weighted by Crippen LogP contribution is 2.31. The van der Waals surface area contributed by atoms with Crippen LogP contribution in [0.3, 0.4) is 0 Å². The first-order valence-electron chi connectivity index (χ1n) is 13.5. The lowest BCUT2D eigenvalue weighted by molar-refractivity contribution is -0.191. The molecule has 0 spiro atoms. The number of hydrogen-bond acceptors (Lipinski definition) is 4. The van der Waals surface area contributed by atoms with Crippen LogP contribution in [0.1, 0.15) is 70.8 Å². The van der Waals surface area contributed by atoms with Gasteiger partial charge in [-0.05, 0) is 30.7 Å². The SMILES string of the molecule is CCCC[C@H]1C(=O)N(CC2CCCCC2)C[C@H]2N1C(=O)CN(CC)N2C(=O)NCc1ccccc1. The van der Waals surface area contributed by atoms with Gasteiger partial charge in [0.05, 0.1) is 13.1 Å². The van der Waals surface area contributed by atoms with Crippen molar-refractivity contribution in [3.05, 3.63) is 35.9 Å². The van der Waals surface area contributed by atoms with E-state index in [-0.39, 0.29) is 24.4 Å². The van der Waals surface area contributed by atoms with Crippen LogP contribution in [0.2, 0.25) is 0 Å². The highest BCUT2D eigenvalue weighted by atomic mass is 16.2. The maximum atomic E-state index is 13.6. The van der Waals surface area contributed by atoms with E-state index < -0.39 is 12.2 Å². The minimum atomic E-state index is -0.492. The van der Waals surface area contributed by atoms with Gasteiger partial charge in [-0.25, -0.2) is 14.8 Å². The molecule has 1 aliphatic carbocycles. The average molecular weight is 484 g/mol. The smallest absolute Gasteiger partial charge is 0.334 e. The second kappa shape index (κ2) is 11.9. The van der Waals surface area contributed by atoms with Crippen molar-refractivity contribution in [1.29, 1.82) is 0 Å². The number of hydrogen-bond donors (Lipinski definition) is 1. The molecule has 8 nitrogen and oxygen atoms in total. The number of hydrazine groups is 1. The summed E-state index contributed by atoms with van der Waals surface area (Å²) in [7, 11) is 0. The van der Waals surface area contributed by atoms with E-state index in [0.717, 1.165) is 37.8 Å². The van der Waals surface area contributed by atoms with Gasteiger partial charge in [-0.15, -0.1) is 0 Å². The van der Waals surface area contributed by atoms with Crippen LogP contribution in [-0.4, -0.2) is 76.0 Å². The Bertz CT molecular complexity index is 873. The summed E-state index contributed by atoms with van der Waals surface area (Å²) in [5, 5.41) is 6.59. The number of urea groups is 1. The highest BCUT2D eigenvalue weighted by Gasteiger charge is 2.51. The fourth-order valence-corrected chi connectivity index (χ4v) is 5.84. The fraction of sp³-hybridized carbons (Fsp3) is 0.667. The van der Waals surface area contributed by atoms with Crippen molar-refractivity contribution in [3.63, 3.8) is 0 Å². The molecule has 2 saturated heterocycles. The third kappa shape index (κ3) is 5.80. The van der Waals surface area contributed by atoms with E-state index >= 15 is 0 Å². The molecule has 1 saturated carbocycles. The molecule has 35 heavy (non-hydrogen) atoms. The van der Waals surface area contributed by atoms with E-state index in [0.29, 0.717) is 32.0 Å². The van der Waals surface area contributed by atoms with E-state index in [4.69, 9.17) is 0 Å². The lowest BCUT2D eigenvalue weighted by Gasteiger charge is -2.55. The van der Waals surface area contributed by atoms with Gasteiger partial charge >= 0.3 is 6.03 Å². The Morgan fingerprint density at radius 3 is 2.49 bits per heavy atom. The van der Waals surface area contributed by atoms with E-state index in [9.17, 15) is 14.4 Å². The zero-order chi connectivity index (χ0) is 24.8. The van der Waals surface area contributed by atoms with Crippen molar-refractivity contribution >= 4 is 17.8 Å². The minimum Gasteiger partial charge on any atom is -0.337 e. The summed E-state index contributed by atoms with van der Waals surface area (Å²) in [6.45, 7) is 6.24. The summed E-state index contributed by atoms with van der Waals surface area (Å²) in [5.74, 6) is 0.506. The monoisotopic (exact) mass is 483 g/mol. The largest absolute Gasteiger partial charge is 0.337 e. The van der Waals surface area contributed by atoms with Crippen molar-refractivity contribution in [2.24, 2.45) is 5.92 Å². The van der Waals surface area contributed by atoms with Crippen LogP contribution in [0.5, 0.6) is 0 Å². The number of nitrogens with one attached hydrogen (secondary N) is 1. The Kier molecular flexibility index (Phi) is 8.65. The van der Waals surface area contributed by atoms with Crippen LogP contribution in [0, 0.1) is 5.92 Å². The molecule has 0 aromatic heterocycles. The number of benzene rings is 1. The molecule has 1 aromatic carbocycles. The summed E-state index contributed by atoms with van der Waals surface area (Å²) in [6.07, 6.45) is 8.02. The molecule has 1 N–H and O–H groups in total. The summed E-state index contributed by atoms with van der Waals surface area (Å²) in [6, 6.07) is 9.11. The molecule has 0 radical (unpaired) electrons. The first kappa shape index (κ1) is 25.5. The van der Waals surface area contributed by atoms with Gasteiger partial charge in [-0.1, -0.05) is 76.3 Å². The number of likely N-dealkylation sites (N-methyl/N-ethyl adjacent to an activating group) is 1. The van der Waals surface area contributed by atoms with Gasteiger partial charge in [0.15, 0.2) is 0 Å². The lowest BCUT2D eigenvalue weighted by atomic mass is 9.88. The first-order valence-corrected chi connectivity index (χ1v) is 13.5. The Balaban J connectivity index is 1.58. The summed E-state index contributed by atoms with van der Waals surface area (Å²) >= 11 is 0. The van der Waals surface area contributed by atoms with Crippen LogP contribution in [0.4, 0.5) is 4.79 Å². The molecule has 4 amide bonds. The number of carbonyl (C=O) groups is 3. The Labute approximate surface area is 209 Å². The van der Waals surface area contributed by atoms with E-state index in [1.165, 1.54) is 19.3 Å². The molecule has 192 valence electrons. The lowest BCUT2D eigenvalue weighted by Crippen LogP contribution is -2.76. The molecule has 2 heterocycles. The first-order chi connectivity index (χ1) is 17.0.